The number of nitrogens with zero attached hydrogens (tertiary/aromatic N) is 3. The van der Waals surface area contributed by atoms with Gasteiger partial charge < -0.3 is 4.43 Å². The first-order valence-electron chi connectivity index (χ1n) is 6.39. The minimum absolute atomic E-state index is 0.0497. The van der Waals surface area contributed by atoms with Crippen molar-refractivity contribution in [3.05, 3.63) is 23.1 Å². The zero-order chi connectivity index (χ0) is 15.1. The summed E-state index contributed by atoms with van der Waals surface area (Å²) in [5, 5.41) is 3.27. The molecule has 0 aromatic carbocycles. The Balaban J connectivity index is 3.03. The monoisotopic (exact) mass is 281 g/mol. The summed E-state index contributed by atoms with van der Waals surface area (Å²) in [5.41, 5.74) is 6.97. The Kier molecular flexibility index (Phi) is 3.76. The molecule has 1 fully saturated rings. The first-order chi connectivity index (χ1) is 8.46. The van der Waals surface area contributed by atoms with Gasteiger partial charge in [-0.15, -0.1) is 6.58 Å². The van der Waals surface area contributed by atoms with Crippen molar-refractivity contribution < 1.29 is 9.22 Å². The van der Waals surface area contributed by atoms with Crippen LogP contribution in [0, 0.1) is 5.41 Å². The van der Waals surface area contributed by atoms with Gasteiger partial charge in [0.25, 0.3) is 0 Å². The highest BCUT2D eigenvalue weighted by molar-refractivity contribution is 6.74. The van der Waals surface area contributed by atoms with Crippen molar-refractivity contribution in [3.8, 4) is 0 Å². The van der Waals surface area contributed by atoms with E-state index in [-0.39, 0.29) is 5.04 Å². The number of carbonyl (C=O) groups is 1. The minimum Gasteiger partial charge on any atom is -0.407 e. The van der Waals surface area contributed by atoms with E-state index in [2.05, 4.69) is 50.5 Å². The third kappa shape index (κ3) is 2.48. The van der Waals surface area contributed by atoms with Crippen LogP contribution in [0.2, 0.25) is 18.1 Å². The molecule has 19 heavy (non-hydrogen) atoms. The molecular formula is C13H23N3O2Si. The molecule has 0 bridgehead atoms. The van der Waals surface area contributed by atoms with Gasteiger partial charge in [-0.1, -0.05) is 26.8 Å². The van der Waals surface area contributed by atoms with E-state index >= 15 is 0 Å². The predicted molar refractivity (Wildman–Crippen MR) is 78.1 cm³/mol. The average molecular weight is 281 g/mol. The first-order valence-corrected chi connectivity index (χ1v) is 9.30. The van der Waals surface area contributed by atoms with E-state index < -0.39 is 25.2 Å². The Morgan fingerprint density at radius 3 is 2.42 bits per heavy atom. The van der Waals surface area contributed by atoms with E-state index in [9.17, 15) is 4.79 Å². The summed E-state index contributed by atoms with van der Waals surface area (Å²) in [5.74, 6) is -0.464. The van der Waals surface area contributed by atoms with Crippen LogP contribution in [-0.2, 0) is 9.22 Å². The van der Waals surface area contributed by atoms with Crippen LogP contribution in [0.5, 0.6) is 0 Å². The second kappa shape index (κ2) is 4.47. The van der Waals surface area contributed by atoms with Crippen molar-refractivity contribution in [2.24, 2.45) is 10.5 Å². The van der Waals surface area contributed by atoms with Gasteiger partial charge >= 0.3 is 0 Å². The fourth-order valence-corrected chi connectivity index (χ4v) is 3.58. The maximum absolute atomic E-state index is 11.9. The molecular weight excluding hydrogens is 258 g/mol. The van der Waals surface area contributed by atoms with Crippen molar-refractivity contribution >= 4 is 14.2 Å². The number of carbonyl (C=O) groups excluding carboxylic acids is 1. The Labute approximate surface area is 115 Å². The average Bonchev–Trinajstić information content (AvgIpc) is 2.84. The number of hydrogen-bond acceptors (Lipinski definition) is 2. The van der Waals surface area contributed by atoms with Gasteiger partial charge in [-0.25, -0.2) is 0 Å². The molecule has 0 spiro atoms. The highest BCUT2D eigenvalue weighted by atomic mass is 28.4. The SMILES string of the molecule is C=C[C@]1(O[Si](C)(C)C(C)(C)C)C[C@]1(C)C(=O)N=[N+]=[N-]. The molecule has 0 aromatic rings. The van der Waals surface area contributed by atoms with Gasteiger partial charge in [-0.05, 0) is 42.1 Å². The molecule has 0 N–H and O–H groups in total. The molecule has 5 nitrogen and oxygen atoms in total. The lowest BCUT2D eigenvalue weighted by molar-refractivity contribution is -0.124. The van der Waals surface area contributed by atoms with Crippen molar-refractivity contribution in [1.29, 1.82) is 0 Å². The Hall–Kier alpha value is -1.10. The molecule has 106 valence electrons. The first kappa shape index (κ1) is 16.0. The van der Waals surface area contributed by atoms with Crippen molar-refractivity contribution in [1.82, 2.24) is 0 Å². The van der Waals surface area contributed by atoms with Gasteiger partial charge in [0.1, 0.15) is 0 Å². The summed E-state index contributed by atoms with van der Waals surface area (Å²) in [7, 11) is -2.01. The summed E-state index contributed by atoms with van der Waals surface area (Å²) in [4.78, 5) is 14.5. The fourth-order valence-electron chi connectivity index (χ4n) is 1.98. The van der Waals surface area contributed by atoms with Crippen LogP contribution in [0.25, 0.3) is 10.4 Å². The molecule has 2 atom stereocenters. The van der Waals surface area contributed by atoms with Gasteiger partial charge in [0, 0.05) is 4.91 Å². The molecule has 6 heteroatoms. The maximum atomic E-state index is 11.9. The summed E-state index contributed by atoms with van der Waals surface area (Å²) in [6.45, 7) is 16.3. The smallest absolute Gasteiger partial charge is 0.228 e. The van der Waals surface area contributed by atoms with Crippen molar-refractivity contribution in [2.45, 2.75) is 57.8 Å². The van der Waals surface area contributed by atoms with E-state index in [1.54, 1.807) is 13.0 Å². The zero-order valence-electron chi connectivity index (χ0n) is 12.6. The highest BCUT2D eigenvalue weighted by Gasteiger charge is 2.69. The van der Waals surface area contributed by atoms with Gasteiger partial charge in [0.2, 0.25) is 5.91 Å². The van der Waals surface area contributed by atoms with Crippen molar-refractivity contribution in [2.75, 3.05) is 0 Å². The number of azide groups is 1. The van der Waals surface area contributed by atoms with Crippen molar-refractivity contribution in [3.63, 3.8) is 0 Å². The van der Waals surface area contributed by atoms with Crippen LogP contribution in [0.3, 0.4) is 0 Å². The number of hydrogen-bond donors (Lipinski definition) is 0. The van der Waals surface area contributed by atoms with E-state index in [0.717, 1.165) is 0 Å². The van der Waals surface area contributed by atoms with Gasteiger partial charge in [0.05, 0.1) is 11.0 Å². The predicted octanol–water partition coefficient (Wildman–Crippen LogP) is 4.18. The summed E-state index contributed by atoms with van der Waals surface area (Å²) in [6.07, 6.45) is 2.23. The maximum Gasteiger partial charge on any atom is 0.228 e. The van der Waals surface area contributed by atoms with Gasteiger partial charge in [0.15, 0.2) is 8.32 Å². The lowest BCUT2D eigenvalue weighted by Gasteiger charge is -2.40. The third-order valence-electron chi connectivity index (χ3n) is 4.61. The lowest BCUT2D eigenvalue weighted by Crippen LogP contribution is -2.46. The highest BCUT2D eigenvalue weighted by Crippen LogP contribution is 2.62. The lowest BCUT2D eigenvalue weighted by atomic mass is 10.0. The molecule has 1 saturated carbocycles. The van der Waals surface area contributed by atoms with E-state index in [0.29, 0.717) is 6.42 Å². The molecule has 0 unspecified atom stereocenters. The standard InChI is InChI=1S/C13H23N3O2Si/c1-8-13(18-19(6,7)11(2,3)4)9-12(13,5)10(17)15-16-14/h8H,1,9H2,2-7H3/t12-,13+/m1/s1. The fraction of sp³-hybridized carbons (Fsp3) is 0.769. The van der Waals surface area contributed by atoms with E-state index in [1.807, 2.05) is 0 Å². The van der Waals surface area contributed by atoms with E-state index in [4.69, 9.17) is 9.96 Å². The summed E-state index contributed by atoms with van der Waals surface area (Å²) < 4.78 is 6.35. The zero-order valence-corrected chi connectivity index (χ0v) is 13.6. The molecule has 1 aliphatic rings. The molecule has 0 saturated heterocycles. The number of amides is 1. The van der Waals surface area contributed by atoms with Crippen LogP contribution in [0.4, 0.5) is 0 Å². The third-order valence-corrected chi connectivity index (χ3v) is 9.09. The second-order valence-corrected chi connectivity index (χ2v) is 11.7. The molecule has 0 heterocycles. The Bertz CT molecular complexity index is 463. The Morgan fingerprint density at radius 2 is 2.05 bits per heavy atom. The molecule has 1 rings (SSSR count). The van der Waals surface area contributed by atoms with Crippen LogP contribution >= 0.6 is 0 Å². The minimum atomic E-state index is -2.01. The van der Waals surface area contributed by atoms with Crippen LogP contribution < -0.4 is 0 Å². The molecule has 0 aliphatic heterocycles. The largest absolute Gasteiger partial charge is 0.407 e. The normalized spacial score (nSPS) is 30.4. The van der Waals surface area contributed by atoms with E-state index in [1.165, 1.54) is 0 Å². The van der Waals surface area contributed by atoms with Crippen LogP contribution in [0.15, 0.2) is 17.8 Å². The number of rotatable bonds is 4. The summed E-state index contributed by atoms with van der Waals surface area (Å²) in [6, 6.07) is 0. The van der Waals surface area contributed by atoms with Gasteiger partial charge in [-0.3, -0.25) is 4.79 Å². The van der Waals surface area contributed by atoms with Crippen LogP contribution in [-0.4, -0.2) is 19.8 Å². The molecule has 0 radical (unpaired) electrons. The molecule has 0 aromatic heterocycles. The van der Waals surface area contributed by atoms with Crippen LogP contribution in [0.1, 0.15) is 34.1 Å². The topological polar surface area (TPSA) is 75.1 Å². The Morgan fingerprint density at radius 1 is 1.53 bits per heavy atom. The molecule has 1 amide bonds. The quantitative estimate of drug-likeness (QED) is 0.255. The van der Waals surface area contributed by atoms with Gasteiger partial charge in [-0.2, -0.15) is 0 Å². The second-order valence-electron chi connectivity index (χ2n) is 6.96. The summed E-state index contributed by atoms with van der Waals surface area (Å²) >= 11 is 0. The molecule has 1 aliphatic carbocycles.